The van der Waals surface area contributed by atoms with Crippen LogP contribution in [0.1, 0.15) is 20.7 Å². The molecule has 0 amide bonds. The molecule has 0 saturated carbocycles. The molecule has 2 N–H and O–H groups in total. The van der Waals surface area contributed by atoms with Gasteiger partial charge in [0.2, 0.25) is 0 Å². The Hall–Kier alpha value is -1.38. The fourth-order valence-corrected chi connectivity index (χ4v) is 1.60. The summed E-state index contributed by atoms with van der Waals surface area (Å²) in [7, 11) is 0. The van der Waals surface area contributed by atoms with Crippen LogP contribution in [0.4, 0.5) is 0 Å². The number of hydrogen-bond donors (Lipinski definition) is 2. The molecule has 2 rings (SSSR count). The Morgan fingerprint density at radius 3 is 1.33 bits per heavy atom. The van der Waals surface area contributed by atoms with E-state index in [9.17, 15) is 9.59 Å². The van der Waals surface area contributed by atoms with Gasteiger partial charge in [0.05, 0.1) is 11.1 Å². The molecule has 7 heteroatoms. The molecule has 0 spiro atoms. The van der Waals surface area contributed by atoms with Crippen LogP contribution in [0.5, 0.6) is 11.5 Å². The van der Waals surface area contributed by atoms with Crippen LogP contribution in [0.25, 0.3) is 0 Å². The molecule has 0 radical (unpaired) electrons. The average Bonchev–Trinajstić information content (AvgIpc) is 2.44. The van der Waals surface area contributed by atoms with Gasteiger partial charge in [0.15, 0.2) is 12.6 Å². The maximum absolute atomic E-state index is 10.2. The van der Waals surface area contributed by atoms with Crippen LogP contribution in [0.3, 0.4) is 0 Å². The minimum absolute atomic E-state index is 0. The van der Waals surface area contributed by atoms with E-state index in [2.05, 4.69) is 0 Å². The summed E-state index contributed by atoms with van der Waals surface area (Å²) in [6, 6.07) is 8.61. The van der Waals surface area contributed by atoms with E-state index in [0.29, 0.717) is 22.6 Å². The topological polar surface area (TPSA) is 74.6 Å². The number of aldehydes is 2. The van der Waals surface area contributed by atoms with Crippen LogP contribution in [0.2, 0.25) is 10.0 Å². The third-order valence-corrected chi connectivity index (χ3v) is 2.70. The second-order valence-corrected chi connectivity index (χ2v) is 4.51. The molecule has 0 bridgehead atoms. The number of phenolic OH excluding ortho intramolecular Hbond substituents is 2. The van der Waals surface area contributed by atoms with Crippen molar-refractivity contribution in [3.63, 3.8) is 0 Å². The van der Waals surface area contributed by atoms with Crippen LogP contribution in [-0.2, 0) is 20.4 Å². The van der Waals surface area contributed by atoms with Gasteiger partial charge in [-0.1, -0.05) is 23.2 Å². The quantitative estimate of drug-likeness (QED) is 0.575. The molecular formula is C14H10Cl2O4Pd. The molecule has 0 aliphatic rings. The number of benzene rings is 2. The van der Waals surface area contributed by atoms with Crippen LogP contribution < -0.4 is 0 Å². The molecule has 2 aromatic carbocycles. The Labute approximate surface area is 145 Å². The summed E-state index contributed by atoms with van der Waals surface area (Å²) in [5.74, 6) is -0.0844. The summed E-state index contributed by atoms with van der Waals surface area (Å²) in [5.41, 5.74) is 0.431. The van der Waals surface area contributed by atoms with Crippen molar-refractivity contribution in [3.8, 4) is 11.5 Å². The van der Waals surface area contributed by atoms with E-state index in [4.69, 9.17) is 33.4 Å². The second-order valence-electron chi connectivity index (χ2n) is 3.64. The van der Waals surface area contributed by atoms with Crippen LogP contribution in [0, 0.1) is 0 Å². The molecule has 0 saturated heterocycles. The van der Waals surface area contributed by atoms with Crippen molar-refractivity contribution in [2.24, 2.45) is 0 Å². The molecule has 0 aliphatic heterocycles. The minimum Gasteiger partial charge on any atom is -0.507 e. The Kier molecular flexibility index (Phi) is 8.91. The van der Waals surface area contributed by atoms with E-state index >= 15 is 0 Å². The van der Waals surface area contributed by atoms with Gasteiger partial charge >= 0.3 is 0 Å². The van der Waals surface area contributed by atoms with Gasteiger partial charge in [0.25, 0.3) is 0 Å². The molecule has 0 unspecified atom stereocenters. The standard InChI is InChI=1S/2C7H5ClO2.Pd/c2*8-6-1-2-7(10)5(3-6)4-9;/h2*1-4,10H;. The monoisotopic (exact) mass is 418 g/mol. The maximum Gasteiger partial charge on any atom is 0.153 e. The largest absolute Gasteiger partial charge is 0.507 e. The summed E-state index contributed by atoms with van der Waals surface area (Å²) < 4.78 is 0. The van der Waals surface area contributed by atoms with Gasteiger partial charge < -0.3 is 10.2 Å². The molecule has 21 heavy (non-hydrogen) atoms. The van der Waals surface area contributed by atoms with Crippen molar-refractivity contribution >= 4 is 35.8 Å². The van der Waals surface area contributed by atoms with Gasteiger partial charge in [0, 0.05) is 30.5 Å². The molecular weight excluding hydrogens is 409 g/mol. The van der Waals surface area contributed by atoms with Crippen molar-refractivity contribution in [1.82, 2.24) is 0 Å². The molecule has 0 aliphatic carbocycles. The Morgan fingerprint density at radius 2 is 1.10 bits per heavy atom. The predicted molar refractivity (Wildman–Crippen MR) is 77.0 cm³/mol. The number of carbonyl (C=O) groups excluding carboxylic acids is 2. The smallest absolute Gasteiger partial charge is 0.153 e. The van der Waals surface area contributed by atoms with E-state index in [0.717, 1.165) is 0 Å². The molecule has 0 aromatic heterocycles. The molecule has 2 aromatic rings. The molecule has 4 nitrogen and oxygen atoms in total. The third kappa shape index (κ3) is 6.28. The minimum atomic E-state index is -0.0422. The summed E-state index contributed by atoms with van der Waals surface area (Å²) in [6.45, 7) is 0. The number of halogens is 2. The van der Waals surface area contributed by atoms with E-state index in [-0.39, 0.29) is 43.0 Å². The second kappa shape index (κ2) is 9.54. The van der Waals surface area contributed by atoms with Gasteiger partial charge in [0.1, 0.15) is 11.5 Å². The SMILES string of the molecule is O=Cc1cc(Cl)ccc1O.O=Cc1cc(Cl)ccc1O.[Pd]. The van der Waals surface area contributed by atoms with E-state index in [1.165, 1.54) is 36.4 Å². The predicted octanol–water partition coefficient (Wildman–Crippen LogP) is 3.71. The number of hydrogen-bond acceptors (Lipinski definition) is 4. The fourth-order valence-electron chi connectivity index (χ4n) is 1.24. The Bertz CT molecular complexity index is 577. The fraction of sp³-hybridized carbons (Fsp3) is 0. The first-order valence-electron chi connectivity index (χ1n) is 5.35. The number of rotatable bonds is 2. The molecule has 0 heterocycles. The first-order chi connectivity index (χ1) is 9.47. The third-order valence-electron chi connectivity index (χ3n) is 2.23. The van der Waals surface area contributed by atoms with E-state index in [1.807, 2.05) is 0 Å². The summed E-state index contributed by atoms with van der Waals surface area (Å²) in [6.07, 6.45) is 1.11. The summed E-state index contributed by atoms with van der Waals surface area (Å²) in [4.78, 5) is 20.3. The van der Waals surface area contributed by atoms with Gasteiger partial charge in [-0.25, -0.2) is 0 Å². The van der Waals surface area contributed by atoms with Crippen molar-refractivity contribution in [2.45, 2.75) is 0 Å². The Balaban J connectivity index is 0.000000364. The van der Waals surface area contributed by atoms with E-state index < -0.39 is 0 Å². The number of aromatic hydroxyl groups is 2. The molecule has 0 fully saturated rings. The van der Waals surface area contributed by atoms with Crippen molar-refractivity contribution in [3.05, 3.63) is 57.6 Å². The Morgan fingerprint density at radius 1 is 0.762 bits per heavy atom. The zero-order valence-electron chi connectivity index (χ0n) is 10.4. The molecule has 114 valence electrons. The van der Waals surface area contributed by atoms with Crippen molar-refractivity contribution < 1.29 is 40.2 Å². The van der Waals surface area contributed by atoms with E-state index in [1.54, 1.807) is 0 Å². The van der Waals surface area contributed by atoms with Crippen LogP contribution in [-0.4, -0.2) is 22.8 Å². The normalized spacial score (nSPS) is 8.86. The van der Waals surface area contributed by atoms with Gasteiger partial charge in [-0.3, -0.25) is 9.59 Å². The van der Waals surface area contributed by atoms with Crippen molar-refractivity contribution in [2.75, 3.05) is 0 Å². The van der Waals surface area contributed by atoms with Gasteiger partial charge in [-0.15, -0.1) is 0 Å². The average molecular weight is 420 g/mol. The summed E-state index contributed by atoms with van der Waals surface area (Å²) in [5, 5.41) is 18.8. The van der Waals surface area contributed by atoms with Crippen LogP contribution >= 0.6 is 23.2 Å². The van der Waals surface area contributed by atoms with Crippen LogP contribution in [0.15, 0.2) is 36.4 Å². The van der Waals surface area contributed by atoms with Gasteiger partial charge in [-0.05, 0) is 36.4 Å². The number of carbonyl (C=O) groups is 2. The summed E-state index contributed by atoms with van der Waals surface area (Å²) >= 11 is 11.1. The van der Waals surface area contributed by atoms with Crippen molar-refractivity contribution in [1.29, 1.82) is 0 Å². The zero-order valence-corrected chi connectivity index (χ0v) is 13.5. The first kappa shape index (κ1) is 19.6. The maximum atomic E-state index is 10.2. The first-order valence-corrected chi connectivity index (χ1v) is 6.11. The zero-order chi connectivity index (χ0) is 15.1. The van der Waals surface area contributed by atoms with Gasteiger partial charge in [-0.2, -0.15) is 0 Å². The number of phenols is 2. The molecule has 0 atom stereocenters.